The van der Waals surface area contributed by atoms with Crippen LogP contribution in [0.15, 0.2) is 49.6 Å². The van der Waals surface area contributed by atoms with Gasteiger partial charge in [0, 0.05) is 6.08 Å². The van der Waals surface area contributed by atoms with Crippen LogP contribution in [0.4, 0.5) is 0 Å². The van der Waals surface area contributed by atoms with E-state index in [1.54, 1.807) is 0 Å². The van der Waals surface area contributed by atoms with Crippen LogP contribution in [0.5, 0.6) is 0 Å². The van der Waals surface area contributed by atoms with Gasteiger partial charge in [-0.05, 0) is 12.0 Å². The van der Waals surface area contributed by atoms with Gasteiger partial charge in [0.05, 0.1) is 6.61 Å². The van der Waals surface area contributed by atoms with E-state index >= 15 is 0 Å². The molecule has 31 heavy (non-hydrogen) atoms. The SMILES string of the molecule is C=CC(=O)OCCCCCCCCCCCCCCCCCC.C=Cc1ccccc1. The van der Waals surface area contributed by atoms with Gasteiger partial charge in [-0.3, -0.25) is 0 Å². The molecule has 1 rings (SSSR count). The molecule has 0 aliphatic carbocycles. The number of carbonyl (C=O) groups is 1. The number of hydrogen-bond donors (Lipinski definition) is 0. The van der Waals surface area contributed by atoms with Crippen molar-refractivity contribution in [1.82, 2.24) is 0 Å². The predicted octanol–water partition coefficient (Wildman–Crippen LogP) is 9.31. The molecule has 0 bridgehead atoms. The monoisotopic (exact) mass is 428 g/mol. The van der Waals surface area contributed by atoms with E-state index in [2.05, 4.69) is 20.1 Å². The highest BCUT2D eigenvalue weighted by Gasteiger charge is 1.96. The Morgan fingerprint density at radius 3 is 1.48 bits per heavy atom. The van der Waals surface area contributed by atoms with E-state index in [0.717, 1.165) is 6.42 Å². The predicted molar refractivity (Wildman–Crippen MR) is 137 cm³/mol. The van der Waals surface area contributed by atoms with Gasteiger partial charge in [-0.2, -0.15) is 0 Å². The van der Waals surface area contributed by atoms with Gasteiger partial charge in [0.25, 0.3) is 0 Å². The lowest BCUT2D eigenvalue weighted by molar-refractivity contribution is -0.137. The van der Waals surface area contributed by atoms with Gasteiger partial charge in [-0.25, -0.2) is 4.79 Å². The molecule has 1 aromatic rings. The van der Waals surface area contributed by atoms with E-state index in [1.165, 1.54) is 108 Å². The average Bonchev–Trinajstić information content (AvgIpc) is 2.81. The molecule has 0 aliphatic rings. The van der Waals surface area contributed by atoms with E-state index < -0.39 is 0 Å². The molecule has 0 radical (unpaired) electrons. The molecule has 0 aliphatic heterocycles. The number of esters is 1. The van der Waals surface area contributed by atoms with Crippen molar-refractivity contribution in [3.63, 3.8) is 0 Å². The van der Waals surface area contributed by atoms with Crippen molar-refractivity contribution < 1.29 is 9.53 Å². The number of rotatable bonds is 19. The summed E-state index contributed by atoms with van der Waals surface area (Å²) in [4.78, 5) is 10.8. The number of ether oxygens (including phenoxy) is 1. The fourth-order valence-electron chi connectivity index (χ4n) is 3.47. The molecule has 0 saturated heterocycles. The molecule has 0 heterocycles. The van der Waals surface area contributed by atoms with Crippen LogP contribution < -0.4 is 0 Å². The Hall–Kier alpha value is -1.83. The van der Waals surface area contributed by atoms with Crippen LogP contribution >= 0.6 is 0 Å². The first-order valence-electron chi connectivity index (χ1n) is 12.7. The Balaban J connectivity index is 0.000000929. The normalized spacial score (nSPS) is 10.1. The second kappa shape index (κ2) is 24.4. The van der Waals surface area contributed by atoms with Crippen molar-refractivity contribution in [2.45, 2.75) is 110 Å². The van der Waals surface area contributed by atoms with Gasteiger partial charge < -0.3 is 4.74 Å². The van der Waals surface area contributed by atoms with Crippen LogP contribution in [0.1, 0.15) is 115 Å². The Labute approximate surface area is 193 Å². The van der Waals surface area contributed by atoms with E-state index in [-0.39, 0.29) is 5.97 Å². The number of carbonyl (C=O) groups excluding carboxylic acids is 1. The third-order valence-electron chi connectivity index (χ3n) is 5.44. The van der Waals surface area contributed by atoms with E-state index in [0.29, 0.717) is 6.61 Å². The first-order chi connectivity index (χ1) is 15.2. The largest absolute Gasteiger partial charge is 0.463 e. The maximum absolute atomic E-state index is 10.8. The summed E-state index contributed by atoms with van der Waals surface area (Å²) < 4.78 is 4.95. The third-order valence-corrected chi connectivity index (χ3v) is 5.44. The van der Waals surface area contributed by atoms with E-state index in [1.807, 2.05) is 36.4 Å². The Morgan fingerprint density at radius 1 is 0.710 bits per heavy atom. The molecule has 2 nitrogen and oxygen atoms in total. The zero-order valence-corrected chi connectivity index (χ0v) is 20.3. The fourth-order valence-corrected chi connectivity index (χ4v) is 3.47. The summed E-state index contributed by atoms with van der Waals surface area (Å²) in [5, 5.41) is 0. The second-order valence-electron chi connectivity index (χ2n) is 8.29. The summed E-state index contributed by atoms with van der Waals surface area (Å²) in [6, 6.07) is 10.0. The fraction of sp³-hybridized carbons (Fsp3) is 0.621. The summed E-state index contributed by atoms with van der Waals surface area (Å²) >= 11 is 0. The van der Waals surface area contributed by atoms with E-state index in [4.69, 9.17) is 4.74 Å². The van der Waals surface area contributed by atoms with Crippen LogP contribution in [0.3, 0.4) is 0 Å². The minimum absolute atomic E-state index is 0.300. The highest BCUT2D eigenvalue weighted by atomic mass is 16.5. The topological polar surface area (TPSA) is 26.3 Å². The van der Waals surface area contributed by atoms with Crippen LogP contribution in [0.25, 0.3) is 6.08 Å². The van der Waals surface area contributed by atoms with Crippen molar-refractivity contribution in [3.05, 3.63) is 55.1 Å². The molecule has 0 saturated carbocycles. The lowest BCUT2D eigenvalue weighted by atomic mass is 10.0. The number of benzene rings is 1. The van der Waals surface area contributed by atoms with Crippen LogP contribution in [0.2, 0.25) is 0 Å². The molecular formula is C29H48O2. The molecule has 176 valence electrons. The molecule has 2 heteroatoms. The first-order valence-corrected chi connectivity index (χ1v) is 12.7. The Morgan fingerprint density at radius 2 is 1.13 bits per heavy atom. The van der Waals surface area contributed by atoms with Crippen LogP contribution in [-0.4, -0.2) is 12.6 Å². The van der Waals surface area contributed by atoms with Gasteiger partial charge in [-0.1, -0.05) is 153 Å². The summed E-state index contributed by atoms with van der Waals surface area (Å²) in [6.45, 7) is 9.84. The smallest absolute Gasteiger partial charge is 0.330 e. The maximum atomic E-state index is 10.8. The molecule has 0 fully saturated rings. The number of unbranched alkanes of at least 4 members (excludes halogenated alkanes) is 15. The molecule has 0 amide bonds. The summed E-state index contributed by atoms with van der Waals surface area (Å²) in [5.74, 6) is -0.300. The zero-order valence-electron chi connectivity index (χ0n) is 20.3. The summed E-state index contributed by atoms with van der Waals surface area (Å²) in [6.07, 6.45) is 24.8. The minimum atomic E-state index is -0.300. The van der Waals surface area contributed by atoms with Crippen molar-refractivity contribution in [2.24, 2.45) is 0 Å². The Bertz CT molecular complexity index is 521. The van der Waals surface area contributed by atoms with E-state index in [9.17, 15) is 4.79 Å². The van der Waals surface area contributed by atoms with Crippen molar-refractivity contribution in [3.8, 4) is 0 Å². The third kappa shape index (κ3) is 22.7. The van der Waals surface area contributed by atoms with Gasteiger partial charge in [0.2, 0.25) is 0 Å². The van der Waals surface area contributed by atoms with Gasteiger partial charge in [0.15, 0.2) is 0 Å². The van der Waals surface area contributed by atoms with Crippen molar-refractivity contribution in [1.29, 1.82) is 0 Å². The molecule has 0 aromatic heterocycles. The quantitative estimate of drug-likeness (QED) is 0.125. The van der Waals surface area contributed by atoms with Gasteiger partial charge in [0.1, 0.15) is 0 Å². The molecule has 0 spiro atoms. The maximum Gasteiger partial charge on any atom is 0.330 e. The highest BCUT2D eigenvalue weighted by molar-refractivity contribution is 5.81. The first kappa shape index (κ1) is 29.2. The minimum Gasteiger partial charge on any atom is -0.463 e. The average molecular weight is 429 g/mol. The standard InChI is InChI=1S/C21H40O2.C8H8/c1-3-5-6-7-8-9-10-11-12-13-14-15-16-17-18-19-20-23-21(22)4-2;1-2-8-6-4-3-5-7-8/h4H,2-3,5-20H2,1H3;2-7H,1H2. The van der Waals surface area contributed by atoms with Gasteiger partial charge >= 0.3 is 5.97 Å². The summed E-state index contributed by atoms with van der Waals surface area (Å²) in [5.41, 5.74) is 1.17. The van der Waals surface area contributed by atoms with Gasteiger partial charge in [-0.15, -0.1) is 0 Å². The molecule has 0 N–H and O–H groups in total. The van der Waals surface area contributed by atoms with Crippen molar-refractivity contribution in [2.75, 3.05) is 6.61 Å². The second-order valence-corrected chi connectivity index (χ2v) is 8.29. The summed E-state index contributed by atoms with van der Waals surface area (Å²) in [7, 11) is 0. The van der Waals surface area contributed by atoms with Crippen LogP contribution in [-0.2, 0) is 9.53 Å². The number of hydrogen-bond acceptors (Lipinski definition) is 2. The van der Waals surface area contributed by atoms with Crippen LogP contribution in [0, 0.1) is 0 Å². The van der Waals surface area contributed by atoms with Crippen molar-refractivity contribution >= 4 is 12.0 Å². The lowest BCUT2D eigenvalue weighted by Gasteiger charge is -2.04. The molecular weight excluding hydrogens is 380 g/mol. The highest BCUT2D eigenvalue weighted by Crippen LogP contribution is 2.13. The Kier molecular flexibility index (Phi) is 23.0. The molecule has 0 unspecified atom stereocenters. The molecule has 1 aromatic carbocycles. The molecule has 0 atom stereocenters. The lowest BCUT2D eigenvalue weighted by Crippen LogP contribution is -2.01. The zero-order chi connectivity index (χ0) is 22.8.